The fourth-order valence-electron chi connectivity index (χ4n) is 1.80. The monoisotopic (exact) mass is 254 g/mol. The molecule has 0 fully saturated rings. The lowest BCUT2D eigenvalue weighted by atomic mass is 9.99. The number of nitrogens with two attached hydrogens (primary N) is 2. The van der Waals surface area contributed by atoms with Gasteiger partial charge in [-0.2, -0.15) is 0 Å². The zero-order valence-electron chi connectivity index (χ0n) is 10.3. The Morgan fingerprint density at radius 1 is 1.26 bits per heavy atom. The zero-order chi connectivity index (χ0) is 13.8. The summed E-state index contributed by atoms with van der Waals surface area (Å²) in [5.74, 6) is -0.499. The lowest BCUT2D eigenvalue weighted by Crippen LogP contribution is -2.12. The third-order valence-electron chi connectivity index (χ3n) is 2.87. The molecule has 1 aliphatic rings. The summed E-state index contributed by atoms with van der Waals surface area (Å²) in [4.78, 5) is 15.1. The number of carbonyl (C=O) groups is 1. The molecule has 19 heavy (non-hydrogen) atoms. The summed E-state index contributed by atoms with van der Waals surface area (Å²) < 4.78 is 0. The summed E-state index contributed by atoms with van der Waals surface area (Å²) >= 11 is 0. The number of pyridine rings is 1. The number of primary amides is 1. The number of carbonyl (C=O) groups excluding carboxylic acids is 1. The van der Waals surface area contributed by atoms with Crippen LogP contribution in [0.1, 0.15) is 12.0 Å². The molecule has 0 spiro atoms. The van der Waals surface area contributed by atoms with Crippen LogP contribution in [0.25, 0.3) is 0 Å². The molecule has 2 rings (SSSR count). The average molecular weight is 254 g/mol. The molecule has 5 N–H and O–H groups in total. The number of hydrogen-bond donors (Lipinski definition) is 3. The number of rotatable bonds is 3. The van der Waals surface area contributed by atoms with E-state index in [1.54, 1.807) is 42.8 Å². The van der Waals surface area contributed by atoms with Gasteiger partial charge in [-0.25, -0.2) is 0 Å². The summed E-state index contributed by atoms with van der Waals surface area (Å²) in [5.41, 5.74) is 13.8. The highest BCUT2D eigenvalue weighted by Gasteiger charge is 2.13. The van der Waals surface area contributed by atoms with E-state index in [0.29, 0.717) is 29.0 Å². The maximum atomic E-state index is 11.1. The van der Waals surface area contributed by atoms with Gasteiger partial charge >= 0.3 is 0 Å². The van der Waals surface area contributed by atoms with E-state index in [-0.39, 0.29) is 0 Å². The summed E-state index contributed by atoms with van der Waals surface area (Å²) in [6.45, 7) is 0. The van der Waals surface area contributed by atoms with Gasteiger partial charge in [-0.3, -0.25) is 15.2 Å². The molecule has 0 bridgehead atoms. The molecule has 96 valence electrons. The summed E-state index contributed by atoms with van der Waals surface area (Å²) in [6.07, 6.45) is 8.51. The molecular weight excluding hydrogens is 240 g/mol. The highest BCUT2D eigenvalue weighted by molar-refractivity contribution is 6.11. The van der Waals surface area contributed by atoms with Crippen molar-refractivity contribution >= 4 is 11.6 Å². The van der Waals surface area contributed by atoms with Crippen LogP contribution in [0.5, 0.6) is 0 Å². The third-order valence-corrected chi connectivity index (χ3v) is 2.87. The van der Waals surface area contributed by atoms with Gasteiger partial charge in [0.25, 0.3) is 0 Å². The summed E-state index contributed by atoms with van der Waals surface area (Å²) in [5, 5.41) is 8.18. The van der Waals surface area contributed by atoms with Crippen molar-refractivity contribution in [1.29, 1.82) is 5.41 Å². The van der Waals surface area contributed by atoms with Crippen molar-refractivity contribution in [2.75, 3.05) is 0 Å². The first-order valence-electron chi connectivity index (χ1n) is 5.75. The molecular formula is C14H14N4O. The Kier molecular flexibility index (Phi) is 3.56. The molecule has 0 aliphatic heterocycles. The van der Waals surface area contributed by atoms with Gasteiger partial charge in [-0.05, 0) is 30.7 Å². The van der Waals surface area contributed by atoms with E-state index in [2.05, 4.69) is 4.98 Å². The van der Waals surface area contributed by atoms with Crippen LogP contribution in [0.2, 0.25) is 0 Å². The number of allylic oxidation sites excluding steroid dienone is 3. The van der Waals surface area contributed by atoms with Gasteiger partial charge in [0.2, 0.25) is 5.91 Å². The molecule has 1 aliphatic carbocycles. The van der Waals surface area contributed by atoms with Crippen molar-refractivity contribution in [2.45, 2.75) is 6.42 Å². The highest BCUT2D eigenvalue weighted by Crippen LogP contribution is 2.19. The number of aromatic nitrogens is 1. The molecule has 0 unspecified atom stereocenters. The molecule has 1 amide bonds. The lowest BCUT2D eigenvalue weighted by molar-refractivity contribution is -0.114. The molecule has 5 heteroatoms. The van der Waals surface area contributed by atoms with Crippen LogP contribution in [-0.2, 0) is 4.79 Å². The van der Waals surface area contributed by atoms with Crippen molar-refractivity contribution in [3.8, 4) is 0 Å². The van der Waals surface area contributed by atoms with Crippen LogP contribution in [0.15, 0.2) is 59.6 Å². The van der Waals surface area contributed by atoms with Crippen molar-refractivity contribution in [2.24, 2.45) is 11.5 Å². The Labute approximate surface area is 110 Å². The number of nitrogens with zero attached hydrogens (tertiary/aromatic N) is 1. The highest BCUT2D eigenvalue weighted by atomic mass is 16.1. The Balaban J connectivity index is 2.33. The predicted molar refractivity (Wildman–Crippen MR) is 73.3 cm³/mol. The maximum Gasteiger partial charge on any atom is 0.248 e. The Bertz CT molecular complexity index is 612. The molecule has 0 atom stereocenters. The van der Waals surface area contributed by atoms with Gasteiger partial charge in [-0.1, -0.05) is 6.08 Å². The topological polar surface area (TPSA) is 106 Å². The summed E-state index contributed by atoms with van der Waals surface area (Å²) in [6, 6.07) is 3.49. The molecule has 1 aromatic rings. The van der Waals surface area contributed by atoms with Crippen LogP contribution in [-0.4, -0.2) is 16.6 Å². The molecule has 0 aromatic carbocycles. The molecule has 0 saturated heterocycles. The Morgan fingerprint density at radius 2 is 1.95 bits per heavy atom. The van der Waals surface area contributed by atoms with Crippen LogP contribution in [0.3, 0.4) is 0 Å². The zero-order valence-corrected chi connectivity index (χ0v) is 10.3. The van der Waals surface area contributed by atoms with Crippen LogP contribution in [0.4, 0.5) is 0 Å². The minimum atomic E-state index is -0.499. The van der Waals surface area contributed by atoms with Gasteiger partial charge in [0.05, 0.1) is 5.71 Å². The van der Waals surface area contributed by atoms with Gasteiger partial charge in [0, 0.05) is 34.8 Å². The van der Waals surface area contributed by atoms with Crippen molar-refractivity contribution in [1.82, 2.24) is 4.98 Å². The van der Waals surface area contributed by atoms with E-state index in [1.807, 2.05) is 0 Å². The van der Waals surface area contributed by atoms with Crippen molar-refractivity contribution < 1.29 is 4.79 Å². The van der Waals surface area contributed by atoms with Gasteiger partial charge < -0.3 is 11.5 Å². The second-order valence-electron chi connectivity index (χ2n) is 4.11. The molecule has 0 radical (unpaired) electrons. The molecule has 0 saturated carbocycles. The first-order chi connectivity index (χ1) is 9.09. The predicted octanol–water partition coefficient (Wildman–Crippen LogP) is 1.03. The number of hydrogen-bond acceptors (Lipinski definition) is 4. The van der Waals surface area contributed by atoms with E-state index < -0.39 is 5.91 Å². The smallest absolute Gasteiger partial charge is 0.248 e. The fourth-order valence-corrected chi connectivity index (χ4v) is 1.80. The van der Waals surface area contributed by atoms with E-state index in [1.165, 1.54) is 0 Å². The van der Waals surface area contributed by atoms with Crippen molar-refractivity contribution in [3.63, 3.8) is 0 Å². The van der Waals surface area contributed by atoms with Gasteiger partial charge in [0.15, 0.2) is 0 Å². The number of nitrogens with one attached hydrogen (secondary N) is 1. The second-order valence-corrected chi connectivity index (χ2v) is 4.11. The normalized spacial score (nSPS) is 14.8. The van der Waals surface area contributed by atoms with Gasteiger partial charge in [-0.15, -0.1) is 0 Å². The van der Waals surface area contributed by atoms with E-state index in [4.69, 9.17) is 16.9 Å². The minimum absolute atomic E-state index is 0.325. The Morgan fingerprint density at radius 3 is 2.58 bits per heavy atom. The van der Waals surface area contributed by atoms with E-state index >= 15 is 0 Å². The van der Waals surface area contributed by atoms with Crippen LogP contribution in [0, 0.1) is 5.41 Å². The Hall–Kier alpha value is -2.69. The van der Waals surface area contributed by atoms with Crippen LogP contribution >= 0.6 is 0 Å². The molecule has 5 nitrogen and oxygen atoms in total. The molecule has 1 aromatic heterocycles. The van der Waals surface area contributed by atoms with E-state index in [9.17, 15) is 4.79 Å². The SMILES string of the molecule is N=C(C1=C(N)C=CC(C(N)=O)=CC1)c1ccncc1. The quantitative estimate of drug-likeness (QED) is 0.701. The lowest BCUT2D eigenvalue weighted by Gasteiger charge is -2.09. The first-order valence-corrected chi connectivity index (χ1v) is 5.75. The summed E-state index contributed by atoms with van der Waals surface area (Å²) in [7, 11) is 0. The molecule has 1 heterocycles. The third kappa shape index (κ3) is 2.77. The van der Waals surface area contributed by atoms with E-state index in [0.717, 1.165) is 5.56 Å². The number of amides is 1. The van der Waals surface area contributed by atoms with Crippen LogP contribution < -0.4 is 11.5 Å². The largest absolute Gasteiger partial charge is 0.398 e. The fraction of sp³-hybridized carbons (Fsp3) is 0.0714. The minimum Gasteiger partial charge on any atom is -0.398 e. The second kappa shape index (κ2) is 5.30. The van der Waals surface area contributed by atoms with Crippen molar-refractivity contribution in [3.05, 3.63) is 65.2 Å². The van der Waals surface area contributed by atoms with Gasteiger partial charge in [0.1, 0.15) is 0 Å². The maximum absolute atomic E-state index is 11.1. The average Bonchev–Trinajstić information content (AvgIpc) is 2.61. The first kappa shape index (κ1) is 12.8. The standard InChI is InChI=1S/C14H14N4O/c15-12-4-2-10(14(17)19)1-3-11(12)13(16)9-5-7-18-8-6-9/h1-2,4-8,16H,3,15H2,(H2,17,19).